The van der Waals surface area contributed by atoms with Gasteiger partial charge in [0.1, 0.15) is 0 Å². The lowest BCUT2D eigenvalue weighted by Crippen LogP contribution is -2.47. The van der Waals surface area contributed by atoms with Gasteiger partial charge in [-0.1, -0.05) is 26.2 Å². The van der Waals surface area contributed by atoms with Crippen molar-refractivity contribution < 1.29 is 0 Å². The molecule has 0 aromatic rings. The molecule has 0 spiro atoms. The zero-order valence-corrected chi connectivity index (χ0v) is 13.0. The highest BCUT2D eigenvalue weighted by atomic mass is 15.2. The van der Waals surface area contributed by atoms with E-state index in [1.807, 2.05) is 0 Å². The third kappa shape index (κ3) is 5.05. The second-order valence-electron chi connectivity index (χ2n) is 6.51. The van der Waals surface area contributed by atoms with Crippen LogP contribution in [0.4, 0.5) is 0 Å². The van der Waals surface area contributed by atoms with Crippen molar-refractivity contribution in [2.75, 3.05) is 46.3 Å². The summed E-state index contributed by atoms with van der Waals surface area (Å²) >= 11 is 0. The molecule has 1 saturated carbocycles. The van der Waals surface area contributed by atoms with Crippen LogP contribution in [0.1, 0.15) is 45.4 Å². The predicted molar refractivity (Wildman–Crippen MR) is 82.6 cm³/mol. The van der Waals surface area contributed by atoms with Gasteiger partial charge in [0.15, 0.2) is 0 Å². The van der Waals surface area contributed by atoms with Crippen molar-refractivity contribution in [3.8, 4) is 0 Å². The Labute approximate surface area is 119 Å². The summed E-state index contributed by atoms with van der Waals surface area (Å²) in [5, 5.41) is 3.43. The van der Waals surface area contributed by atoms with Crippen molar-refractivity contribution in [1.29, 1.82) is 0 Å². The molecule has 2 fully saturated rings. The highest BCUT2D eigenvalue weighted by Gasteiger charge is 2.21. The van der Waals surface area contributed by atoms with Crippen molar-refractivity contribution in [1.82, 2.24) is 15.1 Å². The molecule has 0 aromatic heterocycles. The predicted octanol–water partition coefficient (Wildman–Crippen LogP) is 2.18. The van der Waals surface area contributed by atoms with Gasteiger partial charge < -0.3 is 10.2 Å². The van der Waals surface area contributed by atoms with Gasteiger partial charge in [0, 0.05) is 45.3 Å². The molecule has 19 heavy (non-hydrogen) atoms. The standard InChI is InChI=1S/C16H33N3/c1-3-15-5-4-6-16(8-7-15)18(2)13-14-19-11-9-17-10-12-19/h15-17H,3-14H2,1-2H3. The molecule has 3 heteroatoms. The number of likely N-dealkylation sites (N-methyl/N-ethyl adjacent to an activating group) is 1. The van der Waals surface area contributed by atoms with E-state index in [4.69, 9.17) is 0 Å². The largest absolute Gasteiger partial charge is 0.314 e. The van der Waals surface area contributed by atoms with Crippen LogP contribution in [0, 0.1) is 5.92 Å². The maximum Gasteiger partial charge on any atom is 0.0110 e. The van der Waals surface area contributed by atoms with Crippen LogP contribution in [-0.2, 0) is 0 Å². The minimum atomic E-state index is 0.847. The Hall–Kier alpha value is -0.120. The summed E-state index contributed by atoms with van der Waals surface area (Å²) < 4.78 is 0. The molecule has 112 valence electrons. The summed E-state index contributed by atoms with van der Waals surface area (Å²) in [5.74, 6) is 1.01. The molecular weight excluding hydrogens is 234 g/mol. The number of rotatable bonds is 5. The zero-order chi connectivity index (χ0) is 13.5. The van der Waals surface area contributed by atoms with E-state index in [-0.39, 0.29) is 0 Å². The Morgan fingerprint density at radius 1 is 1.11 bits per heavy atom. The van der Waals surface area contributed by atoms with E-state index in [1.54, 1.807) is 0 Å². The third-order valence-corrected chi connectivity index (χ3v) is 5.24. The van der Waals surface area contributed by atoms with Gasteiger partial charge in [-0.3, -0.25) is 4.90 Å². The van der Waals surface area contributed by atoms with Crippen LogP contribution >= 0.6 is 0 Å². The summed E-state index contributed by atoms with van der Waals surface area (Å²) in [6.45, 7) is 9.68. The second kappa shape index (κ2) is 8.23. The SMILES string of the molecule is CCC1CCCC(N(C)CCN2CCNCC2)CC1. The normalized spacial score (nSPS) is 30.5. The monoisotopic (exact) mass is 267 g/mol. The quantitative estimate of drug-likeness (QED) is 0.770. The van der Waals surface area contributed by atoms with Crippen LogP contribution in [0.3, 0.4) is 0 Å². The maximum atomic E-state index is 3.43. The minimum absolute atomic E-state index is 0.847. The third-order valence-electron chi connectivity index (χ3n) is 5.24. The first kappa shape index (κ1) is 15.3. The fourth-order valence-electron chi connectivity index (χ4n) is 3.62. The number of piperazine rings is 1. The highest BCUT2D eigenvalue weighted by molar-refractivity contribution is 4.77. The lowest BCUT2D eigenvalue weighted by atomic mass is 9.97. The van der Waals surface area contributed by atoms with Crippen LogP contribution < -0.4 is 5.32 Å². The van der Waals surface area contributed by atoms with Crippen LogP contribution in [-0.4, -0.2) is 62.2 Å². The van der Waals surface area contributed by atoms with Crippen molar-refractivity contribution in [2.24, 2.45) is 5.92 Å². The molecule has 1 heterocycles. The zero-order valence-electron chi connectivity index (χ0n) is 13.0. The van der Waals surface area contributed by atoms with Gasteiger partial charge in [0.25, 0.3) is 0 Å². The van der Waals surface area contributed by atoms with Gasteiger partial charge in [-0.05, 0) is 32.2 Å². The van der Waals surface area contributed by atoms with Crippen molar-refractivity contribution in [3.63, 3.8) is 0 Å². The summed E-state index contributed by atoms with van der Waals surface area (Å²) in [6, 6.07) is 0.847. The lowest BCUT2D eigenvalue weighted by molar-refractivity contribution is 0.167. The van der Waals surface area contributed by atoms with E-state index in [0.717, 1.165) is 12.0 Å². The molecule has 1 aliphatic heterocycles. The molecular formula is C16H33N3. The van der Waals surface area contributed by atoms with Crippen LogP contribution in [0.5, 0.6) is 0 Å². The van der Waals surface area contributed by atoms with Crippen molar-refractivity contribution in [3.05, 3.63) is 0 Å². The highest BCUT2D eigenvalue weighted by Crippen LogP contribution is 2.27. The number of nitrogens with one attached hydrogen (secondary N) is 1. The minimum Gasteiger partial charge on any atom is -0.314 e. The number of hydrogen-bond donors (Lipinski definition) is 1. The number of nitrogens with zero attached hydrogens (tertiary/aromatic N) is 2. The molecule has 2 rings (SSSR count). The molecule has 3 nitrogen and oxygen atoms in total. The molecule has 1 saturated heterocycles. The van der Waals surface area contributed by atoms with E-state index in [0.29, 0.717) is 0 Å². The molecule has 2 aliphatic rings. The smallest absolute Gasteiger partial charge is 0.0110 e. The summed E-state index contributed by atoms with van der Waals surface area (Å²) in [6.07, 6.45) is 8.61. The molecule has 1 aliphatic carbocycles. The first-order valence-corrected chi connectivity index (χ1v) is 8.43. The van der Waals surface area contributed by atoms with E-state index in [1.165, 1.54) is 77.8 Å². The Morgan fingerprint density at radius 2 is 1.89 bits per heavy atom. The Morgan fingerprint density at radius 3 is 2.63 bits per heavy atom. The summed E-state index contributed by atoms with van der Waals surface area (Å²) in [4.78, 5) is 5.25. The molecule has 0 aromatic carbocycles. The van der Waals surface area contributed by atoms with Crippen LogP contribution in [0.2, 0.25) is 0 Å². The second-order valence-corrected chi connectivity index (χ2v) is 6.51. The summed E-state index contributed by atoms with van der Waals surface area (Å²) in [7, 11) is 2.35. The van der Waals surface area contributed by atoms with Gasteiger partial charge >= 0.3 is 0 Å². The first-order chi connectivity index (χ1) is 9.29. The number of hydrogen-bond acceptors (Lipinski definition) is 3. The Bertz CT molecular complexity index is 238. The van der Waals surface area contributed by atoms with Crippen molar-refractivity contribution in [2.45, 2.75) is 51.5 Å². The van der Waals surface area contributed by atoms with E-state index < -0.39 is 0 Å². The fourth-order valence-corrected chi connectivity index (χ4v) is 3.62. The van der Waals surface area contributed by atoms with Gasteiger partial charge in [-0.15, -0.1) is 0 Å². The van der Waals surface area contributed by atoms with Gasteiger partial charge in [0.2, 0.25) is 0 Å². The maximum absolute atomic E-state index is 3.43. The van der Waals surface area contributed by atoms with Crippen LogP contribution in [0.15, 0.2) is 0 Å². The molecule has 0 bridgehead atoms. The average Bonchev–Trinajstić information content (AvgIpc) is 2.71. The Kier molecular flexibility index (Phi) is 6.62. The first-order valence-electron chi connectivity index (χ1n) is 8.43. The van der Waals surface area contributed by atoms with Gasteiger partial charge in [0.05, 0.1) is 0 Å². The van der Waals surface area contributed by atoms with Gasteiger partial charge in [-0.2, -0.15) is 0 Å². The van der Waals surface area contributed by atoms with Gasteiger partial charge in [-0.25, -0.2) is 0 Å². The molecule has 2 atom stereocenters. The van der Waals surface area contributed by atoms with Crippen LogP contribution in [0.25, 0.3) is 0 Å². The molecule has 1 N–H and O–H groups in total. The Balaban J connectivity index is 1.68. The molecule has 0 amide bonds. The summed E-state index contributed by atoms with van der Waals surface area (Å²) in [5.41, 5.74) is 0. The molecule has 0 radical (unpaired) electrons. The van der Waals surface area contributed by atoms with E-state index >= 15 is 0 Å². The lowest BCUT2D eigenvalue weighted by Gasteiger charge is -2.32. The average molecular weight is 267 g/mol. The fraction of sp³-hybridized carbons (Fsp3) is 1.00. The topological polar surface area (TPSA) is 18.5 Å². The van der Waals surface area contributed by atoms with E-state index in [2.05, 4.69) is 29.1 Å². The molecule has 2 unspecified atom stereocenters. The van der Waals surface area contributed by atoms with Crippen molar-refractivity contribution >= 4 is 0 Å². The van der Waals surface area contributed by atoms with E-state index in [9.17, 15) is 0 Å².